The third-order valence-electron chi connectivity index (χ3n) is 4.46. The number of rotatable bonds is 4. The number of aliphatic carboxylic acids is 1. The standard InChI is InChI=1S/C15H26N2O4/c1-2-21-13-5-9-17(10-6-13)15(20)16-7-3-12(4-8-16)11-14(18)19/h12-13H,2-11H2,1H3,(H,18,19). The lowest BCUT2D eigenvalue weighted by Gasteiger charge is -2.38. The molecule has 0 aromatic rings. The van der Waals surface area contributed by atoms with Crippen molar-refractivity contribution < 1.29 is 19.4 Å². The topological polar surface area (TPSA) is 70.1 Å². The fourth-order valence-corrected chi connectivity index (χ4v) is 3.22. The van der Waals surface area contributed by atoms with Crippen molar-refractivity contribution in [1.82, 2.24) is 9.80 Å². The highest BCUT2D eigenvalue weighted by atomic mass is 16.5. The summed E-state index contributed by atoms with van der Waals surface area (Å²) in [6, 6.07) is 0.110. The fraction of sp³-hybridized carbons (Fsp3) is 0.867. The molecule has 2 rings (SSSR count). The zero-order chi connectivity index (χ0) is 15.2. The van der Waals surface area contributed by atoms with E-state index in [9.17, 15) is 9.59 Å². The number of carbonyl (C=O) groups excluding carboxylic acids is 1. The van der Waals surface area contributed by atoms with E-state index in [2.05, 4.69) is 0 Å². The van der Waals surface area contributed by atoms with E-state index in [-0.39, 0.29) is 18.4 Å². The van der Waals surface area contributed by atoms with Gasteiger partial charge in [0.05, 0.1) is 6.10 Å². The first-order valence-electron chi connectivity index (χ1n) is 7.97. The van der Waals surface area contributed by atoms with Crippen molar-refractivity contribution in [2.45, 2.75) is 45.1 Å². The number of carboxylic acid groups (broad SMARTS) is 1. The molecule has 0 aromatic heterocycles. The lowest BCUT2D eigenvalue weighted by Crippen LogP contribution is -2.50. The Kier molecular flexibility index (Phi) is 5.85. The van der Waals surface area contributed by atoms with E-state index < -0.39 is 5.97 Å². The molecule has 6 nitrogen and oxygen atoms in total. The van der Waals surface area contributed by atoms with E-state index in [0.717, 1.165) is 45.4 Å². The molecule has 0 radical (unpaired) electrons. The SMILES string of the molecule is CCOC1CCN(C(=O)N2CCC(CC(=O)O)CC2)CC1. The molecule has 0 unspecified atom stereocenters. The molecule has 120 valence electrons. The summed E-state index contributed by atoms with van der Waals surface area (Å²) in [5.41, 5.74) is 0. The van der Waals surface area contributed by atoms with Crippen LogP contribution in [0.25, 0.3) is 0 Å². The molecular weight excluding hydrogens is 272 g/mol. The van der Waals surface area contributed by atoms with Crippen LogP contribution in [0, 0.1) is 5.92 Å². The van der Waals surface area contributed by atoms with Gasteiger partial charge in [-0.3, -0.25) is 4.79 Å². The molecule has 2 aliphatic rings. The fourth-order valence-electron chi connectivity index (χ4n) is 3.22. The highest BCUT2D eigenvalue weighted by Gasteiger charge is 2.29. The number of hydrogen-bond acceptors (Lipinski definition) is 3. The maximum atomic E-state index is 12.4. The molecule has 0 spiro atoms. The van der Waals surface area contributed by atoms with E-state index in [0.29, 0.717) is 19.2 Å². The average molecular weight is 298 g/mol. The number of amides is 2. The highest BCUT2D eigenvalue weighted by molar-refractivity contribution is 5.74. The van der Waals surface area contributed by atoms with Gasteiger partial charge in [-0.15, -0.1) is 0 Å². The summed E-state index contributed by atoms with van der Waals surface area (Å²) in [4.78, 5) is 26.9. The predicted molar refractivity (Wildman–Crippen MR) is 78.2 cm³/mol. The third kappa shape index (κ3) is 4.59. The number of carbonyl (C=O) groups is 2. The van der Waals surface area contributed by atoms with Gasteiger partial charge < -0.3 is 19.6 Å². The molecule has 0 saturated carbocycles. The minimum Gasteiger partial charge on any atom is -0.481 e. The summed E-state index contributed by atoms with van der Waals surface area (Å²) in [7, 11) is 0. The maximum absolute atomic E-state index is 12.4. The van der Waals surface area contributed by atoms with Gasteiger partial charge in [-0.1, -0.05) is 0 Å². The first-order chi connectivity index (χ1) is 10.1. The Hall–Kier alpha value is -1.30. The second kappa shape index (κ2) is 7.64. The van der Waals surface area contributed by atoms with Gasteiger partial charge in [0.2, 0.25) is 0 Å². The molecule has 2 heterocycles. The summed E-state index contributed by atoms with van der Waals surface area (Å²) < 4.78 is 5.60. The van der Waals surface area contributed by atoms with Crippen molar-refractivity contribution in [2.24, 2.45) is 5.92 Å². The molecule has 21 heavy (non-hydrogen) atoms. The molecule has 0 aromatic carbocycles. The Morgan fingerprint density at radius 1 is 1.05 bits per heavy atom. The third-order valence-corrected chi connectivity index (χ3v) is 4.46. The Balaban J connectivity index is 1.74. The van der Waals surface area contributed by atoms with Gasteiger partial charge >= 0.3 is 12.0 Å². The first kappa shape index (κ1) is 16.1. The van der Waals surface area contributed by atoms with Crippen molar-refractivity contribution in [3.63, 3.8) is 0 Å². The van der Waals surface area contributed by atoms with Crippen LogP contribution in [0.1, 0.15) is 39.0 Å². The summed E-state index contributed by atoms with van der Waals surface area (Å²) in [5, 5.41) is 8.81. The maximum Gasteiger partial charge on any atom is 0.320 e. The quantitative estimate of drug-likeness (QED) is 0.859. The molecule has 1 N–H and O–H groups in total. The smallest absolute Gasteiger partial charge is 0.320 e. The van der Waals surface area contributed by atoms with E-state index in [1.807, 2.05) is 16.7 Å². The number of hydrogen-bond donors (Lipinski definition) is 1. The monoisotopic (exact) mass is 298 g/mol. The van der Waals surface area contributed by atoms with Crippen LogP contribution in [-0.4, -0.2) is 65.8 Å². The molecular formula is C15H26N2O4. The van der Waals surface area contributed by atoms with Crippen LogP contribution in [0.2, 0.25) is 0 Å². The second-order valence-electron chi connectivity index (χ2n) is 5.95. The molecule has 2 aliphatic heterocycles. The van der Waals surface area contributed by atoms with E-state index in [1.165, 1.54) is 0 Å². The zero-order valence-electron chi connectivity index (χ0n) is 12.8. The largest absolute Gasteiger partial charge is 0.481 e. The molecule has 0 aliphatic carbocycles. The highest BCUT2D eigenvalue weighted by Crippen LogP contribution is 2.22. The van der Waals surface area contributed by atoms with Gasteiger partial charge in [0.25, 0.3) is 0 Å². The van der Waals surface area contributed by atoms with Gasteiger partial charge in [0, 0.05) is 39.2 Å². The Morgan fingerprint density at radius 2 is 1.57 bits per heavy atom. The van der Waals surface area contributed by atoms with Gasteiger partial charge in [0.15, 0.2) is 0 Å². The molecule has 2 fully saturated rings. The number of ether oxygens (including phenoxy) is 1. The Labute approximate surface area is 126 Å². The Bertz CT molecular complexity index is 359. The van der Waals surface area contributed by atoms with Crippen molar-refractivity contribution in [3.8, 4) is 0 Å². The summed E-state index contributed by atoms with van der Waals surface area (Å²) in [6.07, 6.45) is 3.94. The summed E-state index contributed by atoms with van der Waals surface area (Å²) >= 11 is 0. The number of nitrogens with zero attached hydrogens (tertiary/aromatic N) is 2. The minimum absolute atomic E-state index is 0.110. The number of piperidine rings is 2. The molecule has 2 amide bonds. The van der Waals surface area contributed by atoms with E-state index in [4.69, 9.17) is 9.84 Å². The summed E-state index contributed by atoms with van der Waals surface area (Å²) in [6.45, 7) is 5.62. The molecule has 2 saturated heterocycles. The zero-order valence-corrected chi connectivity index (χ0v) is 12.8. The van der Waals surface area contributed by atoms with Crippen LogP contribution in [-0.2, 0) is 9.53 Å². The molecule has 6 heteroatoms. The second-order valence-corrected chi connectivity index (χ2v) is 5.95. The van der Waals surface area contributed by atoms with Gasteiger partial charge in [-0.05, 0) is 38.5 Å². The van der Waals surface area contributed by atoms with Crippen molar-refractivity contribution in [2.75, 3.05) is 32.8 Å². The summed E-state index contributed by atoms with van der Waals surface area (Å²) in [5.74, 6) is -0.520. The van der Waals surface area contributed by atoms with Crippen LogP contribution in [0.5, 0.6) is 0 Å². The van der Waals surface area contributed by atoms with Crippen LogP contribution in [0.3, 0.4) is 0 Å². The van der Waals surface area contributed by atoms with Crippen LogP contribution in [0.15, 0.2) is 0 Å². The van der Waals surface area contributed by atoms with E-state index >= 15 is 0 Å². The number of urea groups is 1. The predicted octanol–water partition coefficient (Wildman–Crippen LogP) is 1.79. The number of likely N-dealkylation sites (tertiary alicyclic amines) is 2. The number of carboxylic acids is 1. The molecule has 0 bridgehead atoms. The van der Waals surface area contributed by atoms with Gasteiger partial charge in [-0.25, -0.2) is 4.79 Å². The van der Waals surface area contributed by atoms with Gasteiger partial charge in [-0.2, -0.15) is 0 Å². The lowest BCUT2D eigenvalue weighted by atomic mass is 9.94. The van der Waals surface area contributed by atoms with Crippen LogP contribution < -0.4 is 0 Å². The first-order valence-corrected chi connectivity index (χ1v) is 7.97. The van der Waals surface area contributed by atoms with Crippen LogP contribution >= 0.6 is 0 Å². The van der Waals surface area contributed by atoms with Gasteiger partial charge in [0.1, 0.15) is 0 Å². The lowest BCUT2D eigenvalue weighted by molar-refractivity contribution is -0.138. The Morgan fingerprint density at radius 3 is 2.05 bits per heavy atom. The van der Waals surface area contributed by atoms with E-state index in [1.54, 1.807) is 0 Å². The van der Waals surface area contributed by atoms with Crippen molar-refractivity contribution >= 4 is 12.0 Å². The minimum atomic E-state index is -0.738. The average Bonchev–Trinajstić information content (AvgIpc) is 2.48. The van der Waals surface area contributed by atoms with Crippen molar-refractivity contribution in [1.29, 1.82) is 0 Å². The van der Waals surface area contributed by atoms with Crippen LogP contribution in [0.4, 0.5) is 4.79 Å². The normalized spacial score (nSPS) is 21.6. The van der Waals surface area contributed by atoms with Crippen molar-refractivity contribution in [3.05, 3.63) is 0 Å². The molecule has 0 atom stereocenters.